The SMILES string of the molecule is c1cc2ccc3nc2c(c1)oc1ccc2cccc(oc4ccc5cccc(oc6ccc7cccc(o3)c7n6)c5n4)c2n1. The van der Waals surface area contributed by atoms with Crippen LogP contribution in [0.2, 0.25) is 0 Å². The van der Waals surface area contributed by atoms with Crippen molar-refractivity contribution in [1.82, 2.24) is 19.9 Å². The Morgan fingerprint density at radius 1 is 0.273 bits per heavy atom. The highest BCUT2D eigenvalue weighted by Gasteiger charge is 2.07. The molecule has 9 aromatic rings. The number of fused-ring (bicyclic) bond motifs is 4. The van der Waals surface area contributed by atoms with Crippen LogP contribution in [0, 0.1) is 0 Å². The molecule has 9 rings (SSSR count). The minimum Gasteiger partial charge on any atom is -0.437 e. The molecule has 0 saturated heterocycles. The summed E-state index contributed by atoms with van der Waals surface area (Å²) in [6, 6.07) is 38.1. The van der Waals surface area contributed by atoms with Crippen molar-refractivity contribution in [3.63, 3.8) is 0 Å². The molecule has 5 aromatic heterocycles. The van der Waals surface area contributed by atoms with Gasteiger partial charge in [-0.15, -0.1) is 0 Å². The summed E-state index contributed by atoms with van der Waals surface area (Å²) >= 11 is 0. The van der Waals surface area contributed by atoms with E-state index >= 15 is 0 Å². The number of benzene rings is 4. The topological polar surface area (TPSA) is 104 Å². The van der Waals surface area contributed by atoms with Gasteiger partial charge in [0, 0.05) is 45.8 Å². The lowest BCUT2D eigenvalue weighted by molar-refractivity contribution is 0.630. The molecule has 4 aromatic carbocycles. The highest BCUT2D eigenvalue weighted by molar-refractivity contribution is 5.96. The van der Waals surface area contributed by atoms with Crippen LogP contribution in [0.25, 0.3) is 88.8 Å². The van der Waals surface area contributed by atoms with Crippen molar-refractivity contribution in [2.24, 2.45) is 0 Å². The van der Waals surface area contributed by atoms with Crippen molar-refractivity contribution >= 4 is 88.8 Å². The molecule has 44 heavy (non-hydrogen) atoms. The molecular formula is C36H20N4O4. The molecule has 8 heteroatoms. The van der Waals surface area contributed by atoms with Crippen LogP contribution in [0.3, 0.4) is 0 Å². The second kappa shape index (κ2) is 9.64. The summed E-state index contributed by atoms with van der Waals surface area (Å²) in [5.41, 5.74) is 6.32. The molecule has 0 amide bonds. The van der Waals surface area contributed by atoms with E-state index in [1.54, 1.807) is 0 Å². The van der Waals surface area contributed by atoms with Gasteiger partial charge in [-0.25, -0.2) is 19.9 Å². The van der Waals surface area contributed by atoms with E-state index in [4.69, 9.17) is 37.6 Å². The van der Waals surface area contributed by atoms with Crippen LogP contribution in [0.5, 0.6) is 0 Å². The van der Waals surface area contributed by atoms with Crippen LogP contribution in [-0.2, 0) is 0 Å². The lowest BCUT2D eigenvalue weighted by Gasteiger charge is -2.02. The normalized spacial score (nSPS) is 11.6. The zero-order valence-corrected chi connectivity index (χ0v) is 23.0. The molecule has 208 valence electrons. The zero-order valence-electron chi connectivity index (χ0n) is 23.0. The standard InChI is InChI=1S/C36H20N4O4/c1-5-21-13-17-30-37-33(21)25(9-1)41-29-18-14-22-6-2-10-26(34(22)38-29)43-31-19-16-24-8-4-12-28(36(24)40-31)44-32-20-15-23-7-3-11-27(42-30)35(23)39-32/h1-20H. The molecule has 8 bridgehead atoms. The molecule has 0 aliphatic rings. The van der Waals surface area contributed by atoms with E-state index in [0.717, 1.165) is 21.5 Å². The summed E-state index contributed by atoms with van der Waals surface area (Å²) < 4.78 is 25.3. The molecule has 5 heterocycles. The van der Waals surface area contributed by atoms with Gasteiger partial charge in [-0.1, -0.05) is 48.5 Å². The average Bonchev–Trinajstić information content (AvgIpc) is 3.05. The van der Waals surface area contributed by atoms with E-state index < -0.39 is 0 Å². The molecule has 0 aliphatic carbocycles. The Bertz CT molecular complexity index is 2370. The first-order valence-corrected chi connectivity index (χ1v) is 14.0. The molecular weight excluding hydrogens is 552 g/mol. The monoisotopic (exact) mass is 572 g/mol. The zero-order chi connectivity index (χ0) is 29.0. The van der Waals surface area contributed by atoms with Crippen molar-refractivity contribution < 1.29 is 17.7 Å². The van der Waals surface area contributed by atoms with Crippen molar-refractivity contribution in [2.45, 2.75) is 0 Å². The third-order valence-electron chi connectivity index (χ3n) is 7.49. The highest BCUT2D eigenvalue weighted by atomic mass is 16.4. The smallest absolute Gasteiger partial charge is 0.220 e. The third kappa shape index (κ3) is 4.16. The van der Waals surface area contributed by atoms with Crippen LogP contribution in [0.15, 0.2) is 139 Å². The quantitative estimate of drug-likeness (QED) is 0.177. The molecule has 8 nitrogen and oxygen atoms in total. The van der Waals surface area contributed by atoms with E-state index in [1.807, 2.05) is 121 Å². The summed E-state index contributed by atoms with van der Waals surface area (Å²) in [6.45, 7) is 0. The van der Waals surface area contributed by atoms with Gasteiger partial charge in [0.05, 0.1) is 0 Å². The Kier molecular flexibility index (Phi) is 5.33. The molecule has 0 aliphatic heterocycles. The third-order valence-corrected chi connectivity index (χ3v) is 7.49. The van der Waals surface area contributed by atoms with Gasteiger partial charge in [0.15, 0.2) is 22.3 Å². The number of hydrogen-bond donors (Lipinski definition) is 0. The largest absolute Gasteiger partial charge is 0.437 e. The fourth-order valence-electron chi connectivity index (χ4n) is 5.42. The Hall–Kier alpha value is -6.28. The van der Waals surface area contributed by atoms with E-state index in [1.165, 1.54) is 0 Å². The van der Waals surface area contributed by atoms with Gasteiger partial charge < -0.3 is 17.7 Å². The van der Waals surface area contributed by atoms with Crippen LogP contribution in [0.1, 0.15) is 0 Å². The van der Waals surface area contributed by atoms with Crippen molar-refractivity contribution in [3.8, 4) is 0 Å². The number of hydrogen-bond acceptors (Lipinski definition) is 8. The maximum absolute atomic E-state index is 6.33. The Balaban J connectivity index is 1.48. The Morgan fingerprint density at radius 3 is 0.773 bits per heavy atom. The molecule has 0 unspecified atom stereocenters. The second-order valence-electron chi connectivity index (χ2n) is 10.3. The van der Waals surface area contributed by atoms with Crippen molar-refractivity contribution in [3.05, 3.63) is 121 Å². The summed E-state index contributed by atoms with van der Waals surface area (Å²) in [5, 5.41) is 3.59. The van der Waals surface area contributed by atoms with Crippen LogP contribution < -0.4 is 0 Å². The first kappa shape index (κ1) is 24.3. The van der Waals surface area contributed by atoms with Gasteiger partial charge in [0.1, 0.15) is 22.1 Å². The number of para-hydroxylation sites is 4. The molecule has 0 radical (unpaired) electrons. The van der Waals surface area contributed by atoms with E-state index in [2.05, 4.69) is 0 Å². The lowest BCUT2D eigenvalue weighted by atomic mass is 10.2. The predicted octanol–water partition coefficient (Wildman–Crippen LogP) is 9.68. The molecule has 0 fully saturated rings. The van der Waals surface area contributed by atoms with Crippen LogP contribution in [-0.4, -0.2) is 19.9 Å². The summed E-state index contributed by atoms with van der Waals surface area (Å²) in [6.07, 6.45) is 0. The van der Waals surface area contributed by atoms with E-state index in [9.17, 15) is 0 Å². The summed E-state index contributed by atoms with van der Waals surface area (Å²) in [5.74, 6) is 0. The molecule has 0 spiro atoms. The molecule has 0 atom stereocenters. The van der Waals surface area contributed by atoms with Gasteiger partial charge in [-0.2, -0.15) is 0 Å². The lowest BCUT2D eigenvalue weighted by Crippen LogP contribution is -1.84. The van der Waals surface area contributed by atoms with Gasteiger partial charge >= 0.3 is 0 Å². The van der Waals surface area contributed by atoms with Crippen LogP contribution >= 0.6 is 0 Å². The summed E-state index contributed by atoms with van der Waals surface area (Å²) in [4.78, 5) is 19.3. The first-order valence-electron chi connectivity index (χ1n) is 14.0. The predicted molar refractivity (Wildman–Crippen MR) is 171 cm³/mol. The molecule has 0 N–H and O–H groups in total. The number of aromatic nitrogens is 4. The van der Waals surface area contributed by atoms with E-state index in [-0.39, 0.29) is 0 Å². The summed E-state index contributed by atoms with van der Waals surface area (Å²) in [7, 11) is 0. The van der Waals surface area contributed by atoms with Gasteiger partial charge in [0.2, 0.25) is 22.9 Å². The average molecular weight is 573 g/mol. The number of pyridine rings is 4. The maximum Gasteiger partial charge on any atom is 0.220 e. The maximum atomic E-state index is 6.33. The number of rotatable bonds is 0. The highest BCUT2D eigenvalue weighted by Crippen LogP contribution is 2.26. The minimum atomic E-state index is 0.400. The molecule has 0 saturated carbocycles. The van der Waals surface area contributed by atoms with E-state index in [0.29, 0.717) is 67.3 Å². The minimum absolute atomic E-state index is 0.400. The fourth-order valence-corrected chi connectivity index (χ4v) is 5.42. The fraction of sp³-hybridized carbons (Fsp3) is 0. The van der Waals surface area contributed by atoms with Crippen molar-refractivity contribution in [1.29, 1.82) is 0 Å². The number of nitrogens with zero attached hydrogens (tertiary/aromatic N) is 4. The van der Waals surface area contributed by atoms with Gasteiger partial charge in [-0.05, 0) is 48.5 Å². The van der Waals surface area contributed by atoms with Gasteiger partial charge in [-0.3, -0.25) is 0 Å². The van der Waals surface area contributed by atoms with Gasteiger partial charge in [0.25, 0.3) is 0 Å². The van der Waals surface area contributed by atoms with Crippen LogP contribution in [0.4, 0.5) is 0 Å². The Labute approximate surface area is 247 Å². The Morgan fingerprint density at radius 2 is 0.523 bits per heavy atom. The first-order chi connectivity index (χ1) is 21.7. The van der Waals surface area contributed by atoms with Crippen molar-refractivity contribution in [2.75, 3.05) is 0 Å². The second-order valence-corrected chi connectivity index (χ2v) is 10.3.